The molecule has 4 rings (SSSR count). The Kier molecular flexibility index (Phi) is 4.67. The number of halogens is 1. The maximum atomic E-state index is 13.6. The highest BCUT2D eigenvalue weighted by Crippen LogP contribution is 2.40. The maximum absolute atomic E-state index is 13.6. The van der Waals surface area contributed by atoms with E-state index in [9.17, 15) is 9.18 Å². The van der Waals surface area contributed by atoms with Crippen LogP contribution in [0.15, 0.2) is 36.4 Å². The number of ether oxygens (including phenoxy) is 2. The summed E-state index contributed by atoms with van der Waals surface area (Å²) in [7, 11) is 3.87. The van der Waals surface area contributed by atoms with E-state index in [-0.39, 0.29) is 12.7 Å². The van der Waals surface area contributed by atoms with Crippen molar-refractivity contribution < 1.29 is 18.7 Å². The monoisotopic (exact) mass is 387 g/mol. The zero-order valence-electron chi connectivity index (χ0n) is 14.9. The average molecular weight is 387 g/mol. The number of benzene rings is 2. The number of carbonyl (C=O) groups is 1. The predicted molar refractivity (Wildman–Crippen MR) is 102 cm³/mol. The molecule has 0 spiro atoms. The Morgan fingerprint density at radius 2 is 1.96 bits per heavy atom. The van der Waals surface area contributed by atoms with Gasteiger partial charge in [-0.25, -0.2) is 9.37 Å². The SMILES string of the molecule is CN(C)CCN(C(=O)c1cccc(F)c1)c1nc2cc3c(cc2s1)OCO3. The molecular weight excluding hydrogens is 369 g/mol. The van der Waals surface area contributed by atoms with Crippen molar-refractivity contribution in [3.05, 3.63) is 47.8 Å². The molecule has 27 heavy (non-hydrogen) atoms. The first-order valence-corrected chi connectivity index (χ1v) is 9.25. The van der Waals surface area contributed by atoms with Gasteiger partial charge < -0.3 is 14.4 Å². The van der Waals surface area contributed by atoms with Crippen LogP contribution in [0.3, 0.4) is 0 Å². The van der Waals surface area contributed by atoms with Crippen molar-refractivity contribution in [3.8, 4) is 11.5 Å². The number of aromatic nitrogens is 1. The molecule has 6 nitrogen and oxygen atoms in total. The predicted octanol–water partition coefficient (Wildman–Crippen LogP) is 3.37. The standard InChI is InChI=1S/C19H18FN3O3S/c1-22(2)6-7-23(18(24)12-4-3-5-13(20)8-12)19-21-14-9-15-16(26-11-25-15)10-17(14)27-19/h3-5,8-10H,6-7,11H2,1-2H3. The van der Waals surface area contributed by atoms with Crippen LogP contribution in [0.2, 0.25) is 0 Å². The first kappa shape index (κ1) is 17.7. The van der Waals surface area contributed by atoms with Crippen molar-refractivity contribution in [2.75, 3.05) is 38.9 Å². The van der Waals surface area contributed by atoms with E-state index in [0.29, 0.717) is 35.3 Å². The van der Waals surface area contributed by atoms with Crippen molar-refractivity contribution in [2.45, 2.75) is 0 Å². The Balaban J connectivity index is 1.71. The summed E-state index contributed by atoms with van der Waals surface area (Å²) in [6.45, 7) is 1.29. The lowest BCUT2D eigenvalue weighted by Gasteiger charge is -2.22. The highest BCUT2D eigenvalue weighted by Gasteiger charge is 2.23. The molecule has 1 aliphatic rings. The number of hydrogen-bond donors (Lipinski definition) is 0. The third-order valence-corrected chi connectivity index (χ3v) is 5.23. The van der Waals surface area contributed by atoms with Gasteiger partial charge in [-0.05, 0) is 32.3 Å². The van der Waals surface area contributed by atoms with E-state index in [1.807, 2.05) is 31.1 Å². The van der Waals surface area contributed by atoms with Crippen LogP contribution in [-0.2, 0) is 0 Å². The van der Waals surface area contributed by atoms with Gasteiger partial charge in [0.2, 0.25) is 6.79 Å². The van der Waals surface area contributed by atoms with Gasteiger partial charge in [-0.1, -0.05) is 17.4 Å². The van der Waals surface area contributed by atoms with Crippen molar-refractivity contribution in [3.63, 3.8) is 0 Å². The van der Waals surface area contributed by atoms with Gasteiger partial charge >= 0.3 is 0 Å². The molecule has 140 valence electrons. The Labute approximate surface area is 159 Å². The minimum absolute atomic E-state index is 0.201. The summed E-state index contributed by atoms with van der Waals surface area (Å²) < 4.78 is 25.3. The van der Waals surface area contributed by atoms with Crippen LogP contribution in [-0.4, -0.2) is 49.8 Å². The normalized spacial score (nSPS) is 12.7. The minimum atomic E-state index is -0.441. The number of anilines is 1. The van der Waals surface area contributed by atoms with Gasteiger partial charge in [0, 0.05) is 30.8 Å². The quantitative estimate of drug-likeness (QED) is 0.672. The van der Waals surface area contributed by atoms with Crippen LogP contribution in [0, 0.1) is 5.82 Å². The molecule has 0 aliphatic carbocycles. The highest BCUT2D eigenvalue weighted by molar-refractivity contribution is 7.22. The lowest BCUT2D eigenvalue weighted by atomic mass is 10.2. The second-order valence-electron chi connectivity index (χ2n) is 6.44. The molecule has 0 bridgehead atoms. The van der Waals surface area contributed by atoms with E-state index in [2.05, 4.69) is 4.98 Å². The van der Waals surface area contributed by atoms with Crippen LogP contribution in [0.1, 0.15) is 10.4 Å². The van der Waals surface area contributed by atoms with Gasteiger partial charge in [0.15, 0.2) is 16.6 Å². The second-order valence-corrected chi connectivity index (χ2v) is 7.45. The van der Waals surface area contributed by atoms with Crippen LogP contribution in [0.4, 0.5) is 9.52 Å². The van der Waals surface area contributed by atoms with Gasteiger partial charge in [-0.2, -0.15) is 0 Å². The molecule has 0 N–H and O–H groups in total. The molecule has 0 saturated heterocycles. The molecule has 0 fully saturated rings. The molecule has 0 radical (unpaired) electrons. The summed E-state index contributed by atoms with van der Waals surface area (Å²) in [5.41, 5.74) is 1.03. The van der Waals surface area contributed by atoms with Crippen molar-refractivity contribution in [1.82, 2.24) is 9.88 Å². The third-order valence-electron chi connectivity index (χ3n) is 4.19. The summed E-state index contributed by atoms with van der Waals surface area (Å²) >= 11 is 1.40. The van der Waals surface area contributed by atoms with Gasteiger partial charge in [0.25, 0.3) is 5.91 Å². The number of carbonyl (C=O) groups excluding carboxylic acids is 1. The van der Waals surface area contributed by atoms with Crippen LogP contribution < -0.4 is 14.4 Å². The number of fused-ring (bicyclic) bond motifs is 2. The smallest absolute Gasteiger partial charge is 0.260 e. The van der Waals surface area contributed by atoms with Gasteiger partial charge in [-0.3, -0.25) is 9.69 Å². The van der Waals surface area contributed by atoms with Gasteiger partial charge in [0.1, 0.15) is 5.82 Å². The number of hydrogen-bond acceptors (Lipinski definition) is 6. The largest absolute Gasteiger partial charge is 0.454 e. The van der Waals surface area contributed by atoms with E-state index in [4.69, 9.17) is 9.47 Å². The number of amides is 1. The summed E-state index contributed by atoms with van der Waals surface area (Å²) in [6.07, 6.45) is 0. The highest BCUT2D eigenvalue weighted by atomic mass is 32.1. The Bertz CT molecular complexity index is 964. The van der Waals surface area contributed by atoms with Gasteiger partial charge in [0.05, 0.1) is 10.2 Å². The molecule has 2 aromatic carbocycles. The maximum Gasteiger partial charge on any atom is 0.260 e. The summed E-state index contributed by atoms with van der Waals surface area (Å²) in [5, 5.41) is 0.560. The lowest BCUT2D eigenvalue weighted by molar-refractivity contribution is 0.0984. The van der Waals surface area contributed by atoms with Crippen LogP contribution in [0.5, 0.6) is 11.5 Å². The fraction of sp³-hybridized carbons (Fsp3) is 0.263. The molecule has 2 heterocycles. The summed E-state index contributed by atoms with van der Waals surface area (Å²) in [4.78, 5) is 21.2. The third kappa shape index (κ3) is 3.58. The van der Waals surface area contributed by atoms with Gasteiger partial charge in [-0.15, -0.1) is 0 Å². The van der Waals surface area contributed by atoms with Crippen molar-refractivity contribution in [2.24, 2.45) is 0 Å². The minimum Gasteiger partial charge on any atom is -0.454 e. The van der Waals surface area contributed by atoms with Crippen LogP contribution in [0.25, 0.3) is 10.2 Å². The summed E-state index contributed by atoms with van der Waals surface area (Å²) in [6, 6.07) is 9.39. The van der Waals surface area contributed by atoms with E-state index < -0.39 is 5.82 Å². The first-order chi connectivity index (χ1) is 13.0. The Hall–Kier alpha value is -2.71. The van der Waals surface area contributed by atoms with E-state index in [1.165, 1.54) is 29.5 Å². The van der Waals surface area contributed by atoms with E-state index in [1.54, 1.807) is 11.0 Å². The molecule has 1 amide bonds. The Morgan fingerprint density at radius 3 is 2.70 bits per heavy atom. The van der Waals surface area contributed by atoms with E-state index in [0.717, 1.165) is 10.2 Å². The summed E-state index contributed by atoms with van der Waals surface area (Å²) in [5.74, 6) is 0.600. The molecule has 1 aromatic heterocycles. The topological polar surface area (TPSA) is 54.9 Å². The van der Waals surface area contributed by atoms with Crippen molar-refractivity contribution in [1.29, 1.82) is 0 Å². The van der Waals surface area contributed by atoms with E-state index >= 15 is 0 Å². The number of thiazole rings is 1. The Morgan fingerprint density at radius 1 is 1.19 bits per heavy atom. The first-order valence-electron chi connectivity index (χ1n) is 8.43. The zero-order chi connectivity index (χ0) is 19.0. The molecule has 0 saturated carbocycles. The lowest BCUT2D eigenvalue weighted by Crippen LogP contribution is -2.36. The molecule has 1 aliphatic heterocycles. The molecular formula is C19H18FN3O3S. The molecule has 8 heteroatoms. The van der Waals surface area contributed by atoms with Crippen molar-refractivity contribution >= 4 is 32.6 Å². The fourth-order valence-corrected chi connectivity index (χ4v) is 3.78. The second kappa shape index (κ2) is 7.13. The average Bonchev–Trinajstić information content (AvgIpc) is 3.24. The zero-order valence-corrected chi connectivity index (χ0v) is 15.8. The number of likely N-dealkylation sites (N-methyl/N-ethyl adjacent to an activating group) is 1. The molecule has 0 unspecified atom stereocenters. The molecule has 0 atom stereocenters. The number of nitrogens with zero attached hydrogens (tertiary/aromatic N) is 3. The fourth-order valence-electron chi connectivity index (χ4n) is 2.78. The van der Waals surface area contributed by atoms with Crippen LogP contribution >= 0.6 is 11.3 Å². The molecule has 3 aromatic rings. The number of rotatable bonds is 5.